The molecule has 7 heteroatoms. The van der Waals surface area contributed by atoms with Gasteiger partial charge >= 0.3 is 0 Å². The predicted molar refractivity (Wildman–Crippen MR) is 105 cm³/mol. The number of methoxy groups -OCH3 is 1. The third kappa shape index (κ3) is 4.83. The summed E-state index contributed by atoms with van der Waals surface area (Å²) in [6, 6.07) is 7.45. The van der Waals surface area contributed by atoms with Gasteiger partial charge in [-0.15, -0.1) is 0 Å². The van der Waals surface area contributed by atoms with E-state index >= 15 is 0 Å². The third-order valence-electron chi connectivity index (χ3n) is 3.95. The molecule has 0 N–H and O–H groups in total. The van der Waals surface area contributed by atoms with Gasteiger partial charge < -0.3 is 9.64 Å². The number of rotatable bonds is 7. The molecule has 0 saturated carbocycles. The smallest absolute Gasteiger partial charge is 0.266 e. The van der Waals surface area contributed by atoms with Crippen molar-refractivity contribution in [3.05, 3.63) is 34.7 Å². The number of nitrogens with zero attached hydrogens (tertiary/aromatic N) is 2. The number of hydrogen-bond acceptors (Lipinski definition) is 5. The average Bonchev–Trinajstić information content (AvgIpc) is 2.88. The average molecular weight is 379 g/mol. The second kappa shape index (κ2) is 9.01. The summed E-state index contributed by atoms with van der Waals surface area (Å²) < 4.78 is 5.63. The summed E-state index contributed by atoms with van der Waals surface area (Å²) in [6.45, 7) is 5.55. The molecule has 2 amide bonds. The van der Waals surface area contributed by atoms with Gasteiger partial charge in [-0.05, 0) is 37.6 Å². The van der Waals surface area contributed by atoms with Crippen LogP contribution in [-0.2, 0) is 9.59 Å². The molecule has 1 heterocycles. The lowest BCUT2D eigenvalue weighted by molar-refractivity contribution is -0.131. The SMILES string of the molecule is CCN(CC)C(=O)CCN1C(=O)/C(=C/c2ccc(OC)cc2)SC1=S. The van der Waals surface area contributed by atoms with Gasteiger partial charge in [0.2, 0.25) is 5.91 Å². The standard InChI is InChI=1S/C18H22N2O3S2/c1-4-19(5-2)16(21)10-11-20-17(22)15(25-18(20)24)12-13-6-8-14(23-3)9-7-13/h6-9,12H,4-5,10-11H2,1-3H3/b15-12-. The normalized spacial score (nSPS) is 15.8. The summed E-state index contributed by atoms with van der Waals surface area (Å²) in [5, 5.41) is 0. The Kier molecular flexibility index (Phi) is 7.01. The zero-order valence-corrected chi connectivity index (χ0v) is 16.3. The largest absolute Gasteiger partial charge is 0.497 e. The molecule has 0 aromatic heterocycles. The van der Waals surface area contributed by atoms with E-state index < -0.39 is 0 Å². The lowest BCUT2D eigenvalue weighted by Gasteiger charge is -2.20. The monoisotopic (exact) mass is 378 g/mol. The second-order valence-corrected chi connectivity index (χ2v) is 7.10. The molecule has 0 radical (unpaired) electrons. The maximum absolute atomic E-state index is 12.6. The van der Waals surface area contributed by atoms with Crippen LogP contribution in [0.2, 0.25) is 0 Å². The fraction of sp³-hybridized carbons (Fsp3) is 0.389. The van der Waals surface area contributed by atoms with E-state index in [-0.39, 0.29) is 18.2 Å². The minimum absolute atomic E-state index is 0.0400. The van der Waals surface area contributed by atoms with E-state index in [1.54, 1.807) is 12.0 Å². The van der Waals surface area contributed by atoms with Gasteiger partial charge in [0.1, 0.15) is 10.1 Å². The summed E-state index contributed by atoms with van der Waals surface area (Å²) in [6.07, 6.45) is 2.09. The molecule has 0 unspecified atom stereocenters. The van der Waals surface area contributed by atoms with Crippen LogP contribution in [0.25, 0.3) is 6.08 Å². The molecule has 1 saturated heterocycles. The van der Waals surface area contributed by atoms with E-state index in [9.17, 15) is 9.59 Å². The minimum atomic E-state index is -0.141. The van der Waals surface area contributed by atoms with Crippen LogP contribution in [-0.4, -0.2) is 52.7 Å². The molecule has 0 atom stereocenters. The van der Waals surface area contributed by atoms with Crippen LogP contribution < -0.4 is 4.74 Å². The quantitative estimate of drug-likeness (QED) is 0.539. The minimum Gasteiger partial charge on any atom is -0.497 e. The van der Waals surface area contributed by atoms with Crippen molar-refractivity contribution in [2.24, 2.45) is 0 Å². The molecule has 0 spiro atoms. The van der Waals surface area contributed by atoms with Gasteiger partial charge in [0, 0.05) is 26.1 Å². The summed E-state index contributed by atoms with van der Waals surface area (Å²) in [5.41, 5.74) is 0.903. The van der Waals surface area contributed by atoms with Gasteiger partial charge in [-0.25, -0.2) is 0 Å². The maximum Gasteiger partial charge on any atom is 0.266 e. The van der Waals surface area contributed by atoms with Crippen LogP contribution in [0.15, 0.2) is 29.2 Å². The summed E-state index contributed by atoms with van der Waals surface area (Å²) in [7, 11) is 1.61. The fourth-order valence-electron chi connectivity index (χ4n) is 2.49. The Bertz CT molecular complexity index is 682. The van der Waals surface area contributed by atoms with Gasteiger partial charge in [0.15, 0.2) is 0 Å². The van der Waals surface area contributed by atoms with Crippen LogP contribution in [0.5, 0.6) is 5.75 Å². The molecule has 0 aliphatic carbocycles. The Balaban J connectivity index is 2.03. The van der Waals surface area contributed by atoms with Crippen LogP contribution in [0, 0.1) is 0 Å². The van der Waals surface area contributed by atoms with E-state index in [0.717, 1.165) is 11.3 Å². The van der Waals surface area contributed by atoms with Crippen molar-refractivity contribution in [1.29, 1.82) is 0 Å². The first-order chi connectivity index (χ1) is 12.0. The predicted octanol–water partition coefficient (Wildman–Crippen LogP) is 3.15. The molecule has 134 valence electrons. The van der Waals surface area contributed by atoms with E-state index in [2.05, 4.69) is 0 Å². The number of carbonyl (C=O) groups is 2. The third-order valence-corrected chi connectivity index (χ3v) is 5.33. The molecule has 0 bridgehead atoms. The second-order valence-electron chi connectivity index (χ2n) is 5.42. The van der Waals surface area contributed by atoms with Gasteiger partial charge in [0.25, 0.3) is 5.91 Å². The van der Waals surface area contributed by atoms with Gasteiger partial charge in [-0.2, -0.15) is 0 Å². The molecular formula is C18H22N2O3S2. The first-order valence-electron chi connectivity index (χ1n) is 8.17. The molecule has 1 fully saturated rings. The van der Waals surface area contributed by atoms with E-state index in [1.165, 1.54) is 16.7 Å². The highest BCUT2D eigenvalue weighted by molar-refractivity contribution is 8.26. The number of amides is 2. The number of carbonyl (C=O) groups excluding carboxylic acids is 2. The van der Waals surface area contributed by atoms with Gasteiger partial charge in [0.05, 0.1) is 12.0 Å². The highest BCUT2D eigenvalue weighted by Gasteiger charge is 2.32. The first kappa shape index (κ1) is 19.5. The summed E-state index contributed by atoms with van der Waals surface area (Å²) in [5.74, 6) is 0.663. The maximum atomic E-state index is 12.6. The summed E-state index contributed by atoms with van der Waals surface area (Å²) in [4.78, 5) is 28.5. The van der Waals surface area contributed by atoms with Gasteiger partial charge in [-0.1, -0.05) is 36.1 Å². The Morgan fingerprint density at radius 2 is 1.92 bits per heavy atom. The number of thioether (sulfide) groups is 1. The zero-order valence-electron chi connectivity index (χ0n) is 14.7. The number of hydrogen-bond donors (Lipinski definition) is 0. The molecule has 1 aromatic rings. The fourth-order valence-corrected chi connectivity index (χ4v) is 3.79. The van der Waals surface area contributed by atoms with Crippen molar-refractivity contribution in [3.8, 4) is 5.75 Å². The van der Waals surface area contributed by atoms with Crippen LogP contribution >= 0.6 is 24.0 Å². The number of ether oxygens (including phenoxy) is 1. The number of benzene rings is 1. The van der Waals surface area contributed by atoms with Gasteiger partial charge in [-0.3, -0.25) is 14.5 Å². The van der Waals surface area contributed by atoms with E-state index in [1.807, 2.05) is 44.2 Å². The molecule has 1 aliphatic heterocycles. The van der Waals surface area contributed by atoms with Crippen LogP contribution in [0.3, 0.4) is 0 Å². The van der Waals surface area contributed by atoms with Crippen molar-refractivity contribution >= 4 is 46.2 Å². The molecular weight excluding hydrogens is 356 g/mol. The molecule has 5 nitrogen and oxygen atoms in total. The Labute approximate surface area is 158 Å². The molecule has 25 heavy (non-hydrogen) atoms. The lowest BCUT2D eigenvalue weighted by atomic mass is 10.2. The van der Waals surface area contributed by atoms with Crippen LogP contribution in [0.1, 0.15) is 25.8 Å². The number of thiocarbonyl (C=S) groups is 1. The van der Waals surface area contributed by atoms with Crippen molar-refractivity contribution in [1.82, 2.24) is 9.80 Å². The van der Waals surface area contributed by atoms with Crippen molar-refractivity contribution in [2.45, 2.75) is 20.3 Å². The first-order valence-corrected chi connectivity index (χ1v) is 9.39. The van der Waals surface area contributed by atoms with Crippen molar-refractivity contribution in [3.63, 3.8) is 0 Å². The zero-order chi connectivity index (χ0) is 18.4. The highest BCUT2D eigenvalue weighted by atomic mass is 32.2. The van der Waals surface area contributed by atoms with Crippen LogP contribution in [0.4, 0.5) is 0 Å². The summed E-state index contributed by atoms with van der Waals surface area (Å²) >= 11 is 6.58. The molecule has 1 aromatic carbocycles. The molecule has 2 rings (SSSR count). The van der Waals surface area contributed by atoms with Crippen molar-refractivity contribution in [2.75, 3.05) is 26.7 Å². The highest BCUT2D eigenvalue weighted by Crippen LogP contribution is 2.32. The van der Waals surface area contributed by atoms with E-state index in [4.69, 9.17) is 17.0 Å². The topological polar surface area (TPSA) is 49.9 Å². The molecule has 1 aliphatic rings. The van der Waals surface area contributed by atoms with Crippen molar-refractivity contribution < 1.29 is 14.3 Å². The lowest BCUT2D eigenvalue weighted by Crippen LogP contribution is -2.36. The Morgan fingerprint density at radius 3 is 2.48 bits per heavy atom. The van der Waals surface area contributed by atoms with E-state index in [0.29, 0.717) is 28.9 Å². The Hall–Kier alpha value is -1.86. The Morgan fingerprint density at radius 1 is 1.28 bits per heavy atom.